The van der Waals surface area contributed by atoms with Gasteiger partial charge >= 0.3 is 0 Å². The zero-order valence-corrected chi connectivity index (χ0v) is 10.7. The van der Waals surface area contributed by atoms with Crippen molar-refractivity contribution in [1.29, 1.82) is 0 Å². The van der Waals surface area contributed by atoms with Crippen LogP contribution >= 0.6 is 12.6 Å². The van der Waals surface area contributed by atoms with Crippen molar-refractivity contribution in [3.63, 3.8) is 0 Å². The highest BCUT2D eigenvalue weighted by Gasteiger charge is 2.03. The van der Waals surface area contributed by atoms with Gasteiger partial charge in [-0.2, -0.15) is 12.6 Å². The second-order valence-corrected chi connectivity index (χ2v) is 3.88. The molecular formula is C12H19NO2S. The van der Waals surface area contributed by atoms with Crippen LogP contribution in [-0.2, 0) is 6.54 Å². The van der Waals surface area contributed by atoms with E-state index < -0.39 is 0 Å². The average molecular weight is 241 g/mol. The minimum Gasteiger partial charge on any atom is -0.497 e. The minimum absolute atomic E-state index is 0.806. The number of hydrogen-bond donors (Lipinski definition) is 2. The number of thiol groups is 1. The van der Waals surface area contributed by atoms with Crippen LogP contribution in [-0.4, -0.2) is 26.5 Å². The zero-order chi connectivity index (χ0) is 11.8. The Bertz CT molecular complexity index is 318. The molecule has 16 heavy (non-hydrogen) atoms. The highest BCUT2D eigenvalue weighted by molar-refractivity contribution is 7.80. The minimum atomic E-state index is 0.806. The van der Waals surface area contributed by atoms with Gasteiger partial charge in [-0.3, -0.25) is 0 Å². The van der Waals surface area contributed by atoms with Crippen molar-refractivity contribution in [3.8, 4) is 11.5 Å². The molecule has 0 atom stereocenters. The first kappa shape index (κ1) is 13.2. The Balaban J connectivity index is 2.57. The van der Waals surface area contributed by atoms with E-state index in [0.29, 0.717) is 0 Å². The van der Waals surface area contributed by atoms with Crippen LogP contribution in [0.3, 0.4) is 0 Å². The Kier molecular flexibility index (Phi) is 6.11. The van der Waals surface area contributed by atoms with Gasteiger partial charge in [0.1, 0.15) is 11.5 Å². The van der Waals surface area contributed by atoms with E-state index in [1.807, 2.05) is 18.2 Å². The topological polar surface area (TPSA) is 30.5 Å². The molecular weight excluding hydrogens is 222 g/mol. The van der Waals surface area contributed by atoms with Gasteiger partial charge in [0.2, 0.25) is 0 Å². The molecule has 0 bridgehead atoms. The first-order chi connectivity index (χ1) is 7.81. The van der Waals surface area contributed by atoms with Gasteiger partial charge in [0, 0.05) is 18.2 Å². The molecule has 0 aromatic heterocycles. The highest BCUT2D eigenvalue weighted by Crippen LogP contribution is 2.24. The standard InChI is InChI=1S/C12H19NO2S/c1-14-11-5-4-10(12(8-11)15-2)9-13-6-3-7-16/h4-5,8,13,16H,3,6-7,9H2,1-2H3. The number of ether oxygens (including phenoxy) is 2. The van der Waals surface area contributed by atoms with Crippen molar-refractivity contribution in [2.45, 2.75) is 13.0 Å². The van der Waals surface area contributed by atoms with Crippen molar-refractivity contribution in [3.05, 3.63) is 23.8 Å². The normalized spacial score (nSPS) is 10.2. The molecule has 0 spiro atoms. The molecule has 4 heteroatoms. The van der Waals surface area contributed by atoms with Crippen molar-refractivity contribution in [1.82, 2.24) is 5.32 Å². The monoisotopic (exact) mass is 241 g/mol. The molecule has 0 aliphatic carbocycles. The molecule has 3 nitrogen and oxygen atoms in total. The molecule has 0 unspecified atom stereocenters. The van der Waals surface area contributed by atoms with Crippen LogP contribution in [0, 0.1) is 0 Å². The van der Waals surface area contributed by atoms with Crippen LogP contribution in [0.2, 0.25) is 0 Å². The molecule has 90 valence electrons. The van der Waals surface area contributed by atoms with Gasteiger partial charge in [-0.1, -0.05) is 6.07 Å². The van der Waals surface area contributed by atoms with Crippen LogP contribution < -0.4 is 14.8 Å². The van der Waals surface area contributed by atoms with E-state index in [1.165, 1.54) is 0 Å². The molecule has 0 heterocycles. The fourth-order valence-corrected chi connectivity index (χ4v) is 1.58. The predicted octanol–water partition coefficient (Wildman–Crippen LogP) is 2.11. The summed E-state index contributed by atoms with van der Waals surface area (Å²) in [6, 6.07) is 5.86. The van der Waals surface area contributed by atoms with Gasteiger partial charge < -0.3 is 14.8 Å². The maximum atomic E-state index is 5.31. The number of benzene rings is 1. The smallest absolute Gasteiger partial charge is 0.127 e. The molecule has 0 aliphatic rings. The summed E-state index contributed by atoms with van der Waals surface area (Å²) in [5.41, 5.74) is 1.14. The van der Waals surface area contributed by atoms with Crippen molar-refractivity contribution >= 4 is 12.6 Å². The Morgan fingerprint density at radius 2 is 2.06 bits per heavy atom. The summed E-state index contributed by atoms with van der Waals surface area (Å²) in [6.45, 7) is 1.78. The van der Waals surface area contributed by atoms with E-state index in [4.69, 9.17) is 9.47 Å². The van der Waals surface area contributed by atoms with E-state index in [0.717, 1.165) is 42.3 Å². The number of nitrogens with one attached hydrogen (secondary N) is 1. The van der Waals surface area contributed by atoms with E-state index in [-0.39, 0.29) is 0 Å². The number of rotatable bonds is 7. The van der Waals surface area contributed by atoms with Gasteiger partial charge in [0.15, 0.2) is 0 Å². The Labute approximate surface area is 103 Å². The first-order valence-electron chi connectivity index (χ1n) is 5.34. The predicted molar refractivity (Wildman–Crippen MR) is 69.7 cm³/mol. The third-order valence-corrected chi connectivity index (χ3v) is 2.64. The molecule has 0 saturated carbocycles. The van der Waals surface area contributed by atoms with Crippen molar-refractivity contribution in [2.24, 2.45) is 0 Å². The SMILES string of the molecule is COc1ccc(CNCCCS)c(OC)c1. The Morgan fingerprint density at radius 1 is 1.25 bits per heavy atom. The number of methoxy groups -OCH3 is 2. The quantitative estimate of drug-likeness (QED) is 0.566. The third-order valence-electron chi connectivity index (χ3n) is 2.32. The summed E-state index contributed by atoms with van der Waals surface area (Å²) in [5, 5.41) is 3.35. The van der Waals surface area contributed by atoms with E-state index in [2.05, 4.69) is 17.9 Å². The lowest BCUT2D eigenvalue weighted by Gasteiger charge is -2.11. The lowest BCUT2D eigenvalue weighted by molar-refractivity contribution is 0.390. The summed E-state index contributed by atoms with van der Waals surface area (Å²) >= 11 is 4.16. The largest absolute Gasteiger partial charge is 0.497 e. The van der Waals surface area contributed by atoms with Crippen molar-refractivity contribution < 1.29 is 9.47 Å². The van der Waals surface area contributed by atoms with Gasteiger partial charge in [-0.05, 0) is 24.8 Å². The molecule has 1 N–H and O–H groups in total. The van der Waals surface area contributed by atoms with Crippen LogP contribution in [0.25, 0.3) is 0 Å². The number of hydrogen-bond acceptors (Lipinski definition) is 4. The molecule has 1 aromatic rings. The van der Waals surface area contributed by atoms with Gasteiger partial charge in [0.25, 0.3) is 0 Å². The molecule has 0 amide bonds. The molecule has 1 aromatic carbocycles. The summed E-state index contributed by atoms with van der Waals surface area (Å²) in [7, 11) is 3.32. The molecule has 0 fully saturated rings. The summed E-state index contributed by atoms with van der Waals surface area (Å²) in [6.07, 6.45) is 1.07. The summed E-state index contributed by atoms with van der Waals surface area (Å²) in [4.78, 5) is 0. The first-order valence-corrected chi connectivity index (χ1v) is 5.97. The molecule has 0 saturated heterocycles. The fourth-order valence-electron chi connectivity index (χ4n) is 1.43. The van der Waals surface area contributed by atoms with Gasteiger partial charge in [-0.15, -0.1) is 0 Å². The highest BCUT2D eigenvalue weighted by atomic mass is 32.1. The lowest BCUT2D eigenvalue weighted by Crippen LogP contribution is -2.15. The summed E-state index contributed by atoms with van der Waals surface area (Å²) in [5.74, 6) is 2.58. The lowest BCUT2D eigenvalue weighted by atomic mass is 10.2. The average Bonchev–Trinajstić information content (AvgIpc) is 2.34. The zero-order valence-electron chi connectivity index (χ0n) is 9.82. The molecule has 1 rings (SSSR count). The van der Waals surface area contributed by atoms with E-state index in [1.54, 1.807) is 14.2 Å². The van der Waals surface area contributed by atoms with Gasteiger partial charge in [-0.25, -0.2) is 0 Å². The van der Waals surface area contributed by atoms with Crippen LogP contribution in [0.4, 0.5) is 0 Å². The molecule has 0 aliphatic heterocycles. The van der Waals surface area contributed by atoms with Crippen molar-refractivity contribution in [2.75, 3.05) is 26.5 Å². The van der Waals surface area contributed by atoms with Crippen LogP contribution in [0.15, 0.2) is 18.2 Å². The molecule has 0 radical (unpaired) electrons. The van der Waals surface area contributed by atoms with E-state index >= 15 is 0 Å². The maximum absolute atomic E-state index is 5.31. The second-order valence-electron chi connectivity index (χ2n) is 3.43. The van der Waals surface area contributed by atoms with Gasteiger partial charge in [0.05, 0.1) is 14.2 Å². The van der Waals surface area contributed by atoms with Crippen LogP contribution in [0.5, 0.6) is 11.5 Å². The summed E-state index contributed by atoms with van der Waals surface area (Å²) < 4.78 is 10.5. The fraction of sp³-hybridized carbons (Fsp3) is 0.500. The maximum Gasteiger partial charge on any atom is 0.127 e. The second kappa shape index (κ2) is 7.41. The third kappa shape index (κ3) is 3.94. The Hall–Kier alpha value is -0.870. The van der Waals surface area contributed by atoms with E-state index in [9.17, 15) is 0 Å². The Morgan fingerprint density at radius 3 is 2.69 bits per heavy atom. The van der Waals surface area contributed by atoms with Crippen LogP contribution in [0.1, 0.15) is 12.0 Å².